The summed E-state index contributed by atoms with van der Waals surface area (Å²) in [6.07, 6.45) is 0.119. The van der Waals surface area contributed by atoms with E-state index in [1.807, 2.05) is 24.3 Å². The molecule has 0 unspecified atom stereocenters. The fourth-order valence-corrected chi connectivity index (χ4v) is 3.36. The number of halogens is 2. The summed E-state index contributed by atoms with van der Waals surface area (Å²) in [7, 11) is 0. The number of hydrogen-bond acceptors (Lipinski definition) is 3. The van der Waals surface area contributed by atoms with Gasteiger partial charge >= 0.3 is 0 Å². The van der Waals surface area contributed by atoms with Gasteiger partial charge in [0, 0.05) is 10.0 Å². The minimum atomic E-state index is -0.191. The number of fused-ring (bicyclic) bond motifs is 1. The van der Waals surface area contributed by atoms with Crippen LogP contribution in [0.15, 0.2) is 42.5 Å². The van der Waals surface area contributed by atoms with Gasteiger partial charge in [0.15, 0.2) is 5.13 Å². The van der Waals surface area contributed by atoms with Gasteiger partial charge in [0.1, 0.15) is 0 Å². The Hall–Kier alpha value is -1.62. The summed E-state index contributed by atoms with van der Waals surface area (Å²) in [5.41, 5.74) is 1.49. The number of nitrogens with zero attached hydrogens (tertiary/aromatic N) is 1. The Bertz CT molecular complexity index is 763. The maximum absolute atomic E-state index is 12.1. The van der Waals surface area contributed by atoms with Crippen molar-refractivity contribution >= 4 is 55.8 Å². The number of rotatable bonds is 3. The number of nitrogens with one attached hydrogen (secondary N) is 1. The van der Waals surface area contributed by atoms with Crippen molar-refractivity contribution in [1.82, 2.24) is 4.98 Å². The van der Waals surface area contributed by atoms with Crippen molar-refractivity contribution in [2.75, 3.05) is 5.32 Å². The van der Waals surface area contributed by atoms with E-state index in [1.165, 1.54) is 11.3 Å². The molecule has 0 radical (unpaired) electrons. The molecule has 0 aliphatic heterocycles. The highest BCUT2D eigenvalue weighted by Crippen LogP contribution is 2.27. The normalized spacial score (nSPS) is 10.8. The van der Waals surface area contributed by atoms with Crippen molar-refractivity contribution in [1.29, 1.82) is 0 Å². The SMILES string of the molecule is O=C(Cc1c(Cl)cccc1Cl)Nc1nc2ccccc2s1. The van der Waals surface area contributed by atoms with Crippen LogP contribution in [0.25, 0.3) is 10.2 Å². The number of anilines is 1. The third-order valence-electron chi connectivity index (χ3n) is 2.94. The summed E-state index contributed by atoms with van der Waals surface area (Å²) in [5.74, 6) is -0.191. The lowest BCUT2D eigenvalue weighted by Crippen LogP contribution is -2.14. The van der Waals surface area contributed by atoms with Crippen LogP contribution in [0.3, 0.4) is 0 Å². The molecule has 0 saturated carbocycles. The molecule has 3 aromatic rings. The number of carbonyl (C=O) groups excluding carboxylic acids is 1. The van der Waals surface area contributed by atoms with Gasteiger partial charge < -0.3 is 5.32 Å². The topological polar surface area (TPSA) is 42.0 Å². The predicted molar refractivity (Wildman–Crippen MR) is 88.4 cm³/mol. The van der Waals surface area contributed by atoms with Crippen LogP contribution < -0.4 is 5.32 Å². The Balaban J connectivity index is 1.77. The quantitative estimate of drug-likeness (QED) is 0.747. The number of benzene rings is 2. The van der Waals surface area contributed by atoms with Crippen LogP contribution in [0.5, 0.6) is 0 Å². The maximum atomic E-state index is 12.1. The van der Waals surface area contributed by atoms with Gasteiger partial charge in [-0.2, -0.15) is 0 Å². The number of thiazole rings is 1. The number of para-hydroxylation sites is 1. The Morgan fingerprint density at radius 1 is 1.10 bits per heavy atom. The minimum absolute atomic E-state index is 0.119. The second-order valence-electron chi connectivity index (χ2n) is 4.41. The number of carbonyl (C=O) groups is 1. The molecular formula is C15H10Cl2N2OS. The molecule has 0 atom stereocenters. The van der Waals surface area contributed by atoms with Crippen LogP contribution in [-0.2, 0) is 11.2 Å². The van der Waals surface area contributed by atoms with E-state index in [-0.39, 0.29) is 12.3 Å². The molecule has 1 heterocycles. The van der Waals surface area contributed by atoms with E-state index in [2.05, 4.69) is 10.3 Å². The molecule has 0 aliphatic rings. The van der Waals surface area contributed by atoms with Gasteiger partial charge in [0.25, 0.3) is 0 Å². The average molecular weight is 337 g/mol. The van der Waals surface area contributed by atoms with Crippen molar-refractivity contribution in [3.05, 3.63) is 58.1 Å². The highest BCUT2D eigenvalue weighted by Gasteiger charge is 2.12. The highest BCUT2D eigenvalue weighted by atomic mass is 35.5. The van der Waals surface area contributed by atoms with E-state index in [0.29, 0.717) is 20.7 Å². The van der Waals surface area contributed by atoms with E-state index in [1.54, 1.807) is 18.2 Å². The van der Waals surface area contributed by atoms with Gasteiger partial charge in [-0.25, -0.2) is 4.98 Å². The number of aromatic nitrogens is 1. The molecule has 0 aliphatic carbocycles. The summed E-state index contributed by atoms with van der Waals surface area (Å²) < 4.78 is 1.03. The lowest BCUT2D eigenvalue weighted by atomic mass is 10.1. The summed E-state index contributed by atoms with van der Waals surface area (Å²) in [4.78, 5) is 16.5. The molecule has 1 aromatic heterocycles. The second kappa shape index (κ2) is 6.02. The molecule has 1 amide bonds. The van der Waals surface area contributed by atoms with E-state index >= 15 is 0 Å². The lowest BCUT2D eigenvalue weighted by Gasteiger charge is -2.06. The van der Waals surface area contributed by atoms with Gasteiger partial charge in [-0.05, 0) is 29.8 Å². The standard InChI is InChI=1S/C15H10Cl2N2OS/c16-10-4-3-5-11(17)9(10)8-14(20)19-15-18-12-6-1-2-7-13(12)21-15/h1-7H,8H2,(H,18,19,20). The first-order valence-electron chi connectivity index (χ1n) is 6.22. The molecular weight excluding hydrogens is 327 g/mol. The zero-order chi connectivity index (χ0) is 14.8. The summed E-state index contributed by atoms with van der Waals surface area (Å²) in [6, 6.07) is 12.9. The Morgan fingerprint density at radius 2 is 1.81 bits per heavy atom. The van der Waals surface area contributed by atoms with Crippen LogP contribution in [0.2, 0.25) is 10.0 Å². The third-order valence-corrected chi connectivity index (χ3v) is 4.60. The van der Waals surface area contributed by atoms with Crippen LogP contribution in [0.1, 0.15) is 5.56 Å². The highest BCUT2D eigenvalue weighted by molar-refractivity contribution is 7.22. The molecule has 1 N–H and O–H groups in total. The van der Waals surface area contributed by atoms with Gasteiger partial charge in [-0.1, -0.05) is 52.7 Å². The van der Waals surface area contributed by atoms with Gasteiger partial charge in [0.05, 0.1) is 16.6 Å². The monoisotopic (exact) mass is 336 g/mol. The van der Waals surface area contributed by atoms with E-state index in [9.17, 15) is 4.79 Å². The third kappa shape index (κ3) is 3.18. The first-order valence-corrected chi connectivity index (χ1v) is 7.79. The van der Waals surface area contributed by atoms with Crippen LogP contribution in [0.4, 0.5) is 5.13 Å². The molecule has 3 nitrogen and oxygen atoms in total. The molecule has 106 valence electrons. The van der Waals surface area contributed by atoms with E-state index < -0.39 is 0 Å². The van der Waals surface area contributed by atoms with Crippen molar-refractivity contribution in [3.8, 4) is 0 Å². The van der Waals surface area contributed by atoms with Crippen LogP contribution >= 0.6 is 34.5 Å². The Morgan fingerprint density at radius 3 is 2.52 bits per heavy atom. The molecule has 0 saturated heterocycles. The number of hydrogen-bond donors (Lipinski definition) is 1. The van der Waals surface area contributed by atoms with Crippen LogP contribution in [-0.4, -0.2) is 10.9 Å². The molecule has 0 fully saturated rings. The Labute approximate surface area is 135 Å². The molecule has 0 bridgehead atoms. The van der Waals surface area contributed by atoms with Crippen molar-refractivity contribution in [3.63, 3.8) is 0 Å². The molecule has 2 aromatic carbocycles. The number of amides is 1. The largest absolute Gasteiger partial charge is 0.302 e. The smallest absolute Gasteiger partial charge is 0.230 e. The van der Waals surface area contributed by atoms with E-state index in [4.69, 9.17) is 23.2 Å². The fraction of sp³-hybridized carbons (Fsp3) is 0.0667. The molecule has 6 heteroatoms. The molecule has 3 rings (SSSR count). The van der Waals surface area contributed by atoms with Crippen molar-refractivity contribution < 1.29 is 4.79 Å². The minimum Gasteiger partial charge on any atom is -0.302 e. The van der Waals surface area contributed by atoms with Crippen molar-refractivity contribution in [2.24, 2.45) is 0 Å². The zero-order valence-corrected chi connectivity index (χ0v) is 13.1. The fourth-order valence-electron chi connectivity index (χ4n) is 1.95. The maximum Gasteiger partial charge on any atom is 0.230 e. The predicted octanol–water partition coefficient (Wildman–Crippen LogP) is 4.78. The summed E-state index contributed by atoms with van der Waals surface area (Å²) >= 11 is 13.6. The zero-order valence-electron chi connectivity index (χ0n) is 10.8. The summed E-state index contributed by atoms with van der Waals surface area (Å²) in [6.45, 7) is 0. The summed E-state index contributed by atoms with van der Waals surface area (Å²) in [5, 5.41) is 4.33. The average Bonchev–Trinajstić information content (AvgIpc) is 2.85. The molecule has 21 heavy (non-hydrogen) atoms. The molecule has 0 spiro atoms. The van der Waals surface area contributed by atoms with Gasteiger partial charge in [-0.3, -0.25) is 4.79 Å². The Kier molecular flexibility index (Phi) is 4.10. The lowest BCUT2D eigenvalue weighted by molar-refractivity contribution is -0.115. The first kappa shape index (κ1) is 14.3. The first-order chi connectivity index (χ1) is 10.1. The van der Waals surface area contributed by atoms with Crippen LogP contribution in [0, 0.1) is 0 Å². The van der Waals surface area contributed by atoms with Crippen molar-refractivity contribution in [2.45, 2.75) is 6.42 Å². The van der Waals surface area contributed by atoms with Gasteiger partial charge in [0.2, 0.25) is 5.91 Å². The second-order valence-corrected chi connectivity index (χ2v) is 6.26. The van der Waals surface area contributed by atoms with Gasteiger partial charge in [-0.15, -0.1) is 0 Å². The van der Waals surface area contributed by atoms with E-state index in [0.717, 1.165) is 10.2 Å².